The van der Waals surface area contributed by atoms with Crippen molar-refractivity contribution in [3.05, 3.63) is 33.7 Å². The number of carboxylic acid groups (broad SMARTS) is 1. The van der Waals surface area contributed by atoms with Gasteiger partial charge in [-0.2, -0.15) is 13.2 Å². The lowest BCUT2D eigenvalue weighted by atomic mass is 9.93. The molecule has 0 radical (unpaired) electrons. The Morgan fingerprint density at radius 1 is 1.47 bits per heavy atom. The summed E-state index contributed by atoms with van der Waals surface area (Å²) < 4.78 is 37.1. The Labute approximate surface area is 93.1 Å². The summed E-state index contributed by atoms with van der Waals surface area (Å²) in [6, 6.07) is 0.437. The number of pyridine rings is 1. The molecular weight excluding hydrogens is 241 g/mol. The summed E-state index contributed by atoms with van der Waals surface area (Å²) in [4.78, 5) is 23.9. The molecule has 0 aliphatic carbocycles. The van der Waals surface area contributed by atoms with Gasteiger partial charge >= 0.3 is 12.1 Å². The van der Waals surface area contributed by atoms with Crippen LogP contribution in [0.5, 0.6) is 0 Å². The minimum Gasteiger partial charge on any atom is -0.480 e. The van der Waals surface area contributed by atoms with E-state index in [-0.39, 0.29) is 0 Å². The molecule has 0 aliphatic rings. The number of halogens is 3. The minimum absolute atomic E-state index is 0.437. The zero-order valence-corrected chi connectivity index (χ0v) is 8.63. The number of alkyl halides is 3. The van der Waals surface area contributed by atoms with Gasteiger partial charge in [-0.15, -0.1) is 0 Å². The first-order valence-electron chi connectivity index (χ1n) is 4.39. The van der Waals surface area contributed by atoms with E-state index in [0.717, 1.165) is 6.92 Å². The number of H-pyrrole nitrogens is 1. The molecule has 0 fully saturated rings. The van der Waals surface area contributed by atoms with Crippen molar-refractivity contribution in [2.75, 3.05) is 0 Å². The van der Waals surface area contributed by atoms with Gasteiger partial charge < -0.3 is 15.8 Å². The molecule has 0 saturated carbocycles. The number of rotatable bonds is 2. The van der Waals surface area contributed by atoms with E-state index in [1.165, 1.54) is 0 Å². The Balaban J connectivity index is 3.45. The maximum atomic E-state index is 12.4. The average Bonchev–Trinajstić information content (AvgIpc) is 2.15. The number of aromatic nitrogens is 1. The van der Waals surface area contributed by atoms with Gasteiger partial charge in [-0.1, -0.05) is 0 Å². The molecule has 1 unspecified atom stereocenters. The van der Waals surface area contributed by atoms with Crippen molar-refractivity contribution < 1.29 is 23.1 Å². The lowest BCUT2D eigenvalue weighted by Gasteiger charge is -2.19. The Morgan fingerprint density at radius 3 is 2.41 bits per heavy atom. The van der Waals surface area contributed by atoms with Gasteiger partial charge in [0, 0.05) is 11.8 Å². The fraction of sp³-hybridized carbons (Fsp3) is 0.333. The number of hydrogen-bond donors (Lipinski definition) is 3. The summed E-state index contributed by atoms with van der Waals surface area (Å²) >= 11 is 0. The van der Waals surface area contributed by atoms with E-state index in [1.54, 1.807) is 0 Å². The molecule has 1 rings (SSSR count). The molecule has 1 heterocycles. The second-order valence-corrected chi connectivity index (χ2v) is 3.64. The van der Waals surface area contributed by atoms with Gasteiger partial charge in [0.05, 0.1) is 5.56 Å². The summed E-state index contributed by atoms with van der Waals surface area (Å²) in [5.41, 5.74) is 0.339. The lowest BCUT2D eigenvalue weighted by molar-refractivity contribution is -0.143. The topological polar surface area (TPSA) is 96.2 Å². The van der Waals surface area contributed by atoms with Crippen LogP contribution in [0.15, 0.2) is 17.1 Å². The van der Waals surface area contributed by atoms with E-state index in [4.69, 9.17) is 10.8 Å². The van der Waals surface area contributed by atoms with Crippen LogP contribution in [-0.2, 0) is 16.5 Å². The molecule has 0 amide bonds. The maximum Gasteiger partial charge on any atom is 0.417 e. The maximum absolute atomic E-state index is 12.4. The predicted molar refractivity (Wildman–Crippen MR) is 51.2 cm³/mol. The molecule has 8 heteroatoms. The molecule has 1 aromatic rings. The molecule has 0 aliphatic heterocycles. The van der Waals surface area contributed by atoms with Crippen molar-refractivity contribution in [1.29, 1.82) is 0 Å². The molecule has 4 N–H and O–H groups in total. The Bertz CT molecular complexity index is 505. The van der Waals surface area contributed by atoms with Gasteiger partial charge in [-0.05, 0) is 13.0 Å². The number of hydrogen-bond acceptors (Lipinski definition) is 3. The van der Waals surface area contributed by atoms with Crippen molar-refractivity contribution in [1.82, 2.24) is 4.98 Å². The average molecular weight is 250 g/mol. The molecular formula is C9H9F3N2O3. The fourth-order valence-corrected chi connectivity index (χ4v) is 1.15. The third-order valence-corrected chi connectivity index (χ3v) is 2.23. The first-order valence-corrected chi connectivity index (χ1v) is 4.39. The van der Waals surface area contributed by atoms with Crippen molar-refractivity contribution in [3.63, 3.8) is 0 Å². The van der Waals surface area contributed by atoms with Gasteiger partial charge in [0.15, 0.2) is 0 Å². The van der Waals surface area contributed by atoms with Gasteiger partial charge in [0.25, 0.3) is 5.56 Å². The van der Waals surface area contributed by atoms with E-state index in [0.29, 0.717) is 12.3 Å². The zero-order valence-electron chi connectivity index (χ0n) is 8.63. The molecule has 5 nitrogen and oxygen atoms in total. The van der Waals surface area contributed by atoms with E-state index in [2.05, 4.69) is 0 Å². The van der Waals surface area contributed by atoms with Crippen molar-refractivity contribution in [2.45, 2.75) is 18.6 Å². The molecule has 0 saturated heterocycles. The zero-order chi connectivity index (χ0) is 13.4. The highest BCUT2D eigenvalue weighted by molar-refractivity contribution is 5.79. The highest BCUT2D eigenvalue weighted by Crippen LogP contribution is 2.29. The van der Waals surface area contributed by atoms with Gasteiger partial charge in [0.2, 0.25) is 0 Å². The van der Waals surface area contributed by atoms with Gasteiger partial charge in [-0.3, -0.25) is 4.79 Å². The highest BCUT2D eigenvalue weighted by atomic mass is 19.4. The smallest absolute Gasteiger partial charge is 0.417 e. The SMILES string of the molecule is CC(N)(C(=O)O)c1cc(C(F)(F)F)c[nH]c1=O. The van der Waals surface area contributed by atoms with Crippen LogP contribution in [0, 0.1) is 0 Å². The number of carbonyl (C=O) groups is 1. The first-order chi connectivity index (χ1) is 7.56. The molecule has 0 bridgehead atoms. The molecule has 0 aromatic carbocycles. The van der Waals surface area contributed by atoms with Crippen LogP contribution in [0.2, 0.25) is 0 Å². The van der Waals surface area contributed by atoms with Crippen LogP contribution in [0.3, 0.4) is 0 Å². The van der Waals surface area contributed by atoms with E-state index in [1.807, 2.05) is 4.98 Å². The Morgan fingerprint density at radius 2 is 2.00 bits per heavy atom. The normalized spacial score (nSPS) is 15.4. The molecule has 0 spiro atoms. The summed E-state index contributed by atoms with van der Waals surface area (Å²) in [6.45, 7) is 0.945. The number of carboxylic acids is 1. The predicted octanol–water partition coefficient (Wildman–Crippen LogP) is 0.652. The number of aliphatic carboxylic acids is 1. The van der Waals surface area contributed by atoms with Crippen LogP contribution in [0.1, 0.15) is 18.1 Å². The number of nitrogens with one attached hydrogen (secondary N) is 1. The van der Waals surface area contributed by atoms with Crippen molar-refractivity contribution in [2.24, 2.45) is 5.73 Å². The summed E-state index contributed by atoms with van der Waals surface area (Å²) in [7, 11) is 0. The largest absolute Gasteiger partial charge is 0.480 e. The van der Waals surface area contributed by atoms with Crippen LogP contribution in [-0.4, -0.2) is 16.1 Å². The fourth-order valence-electron chi connectivity index (χ4n) is 1.15. The quantitative estimate of drug-likeness (QED) is 0.718. The molecule has 1 atom stereocenters. The van der Waals surface area contributed by atoms with Crippen LogP contribution >= 0.6 is 0 Å². The minimum atomic E-state index is -4.69. The van der Waals surface area contributed by atoms with Gasteiger partial charge in [-0.25, -0.2) is 4.79 Å². The standard InChI is InChI=1S/C9H9F3N2O3/c1-8(13,7(16)17)5-2-4(9(10,11)12)3-14-6(5)15/h2-3H,13H2,1H3,(H,14,15)(H,16,17). The third kappa shape index (κ3) is 2.47. The molecule has 94 valence electrons. The first kappa shape index (κ1) is 13.2. The Kier molecular flexibility index (Phi) is 3.02. The summed E-state index contributed by atoms with van der Waals surface area (Å²) in [5.74, 6) is -1.60. The summed E-state index contributed by atoms with van der Waals surface area (Å²) in [5, 5.41) is 8.75. The van der Waals surface area contributed by atoms with Crippen LogP contribution in [0.25, 0.3) is 0 Å². The number of aromatic amines is 1. The van der Waals surface area contributed by atoms with E-state index >= 15 is 0 Å². The van der Waals surface area contributed by atoms with E-state index in [9.17, 15) is 22.8 Å². The lowest BCUT2D eigenvalue weighted by Crippen LogP contribution is -2.45. The Hall–Kier alpha value is -1.83. The molecule has 1 aromatic heterocycles. The van der Waals surface area contributed by atoms with Crippen LogP contribution in [0.4, 0.5) is 13.2 Å². The van der Waals surface area contributed by atoms with Crippen LogP contribution < -0.4 is 11.3 Å². The third-order valence-electron chi connectivity index (χ3n) is 2.23. The van der Waals surface area contributed by atoms with Gasteiger partial charge in [0.1, 0.15) is 5.54 Å². The van der Waals surface area contributed by atoms with Crippen molar-refractivity contribution in [3.8, 4) is 0 Å². The summed E-state index contributed by atoms with van der Waals surface area (Å²) in [6.07, 6.45) is -4.22. The molecule has 17 heavy (non-hydrogen) atoms. The van der Waals surface area contributed by atoms with E-state index < -0.39 is 34.4 Å². The highest BCUT2D eigenvalue weighted by Gasteiger charge is 2.37. The monoisotopic (exact) mass is 250 g/mol. The number of nitrogens with two attached hydrogens (primary N) is 1. The van der Waals surface area contributed by atoms with Crippen molar-refractivity contribution >= 4 is 5.97 Å². The second kappa shape index (κ2) is 3.88. The second-order valence-electron chi connectivity index (χ2n) is 3.64.